The SMILES string of the molecule is CCc1cc2ccc(C=O)cc2[nH]1. The number of carbonyl (C=O) groups is 1. The Bertz CT molecular complexity index is 442. The summed E-state index contributed by atoms with van der Waals surface area (Å²) in [5.41, 5.74) is 2.97. The van der Waals surface area contributed by atoms with E-state index in [-0.39, 0.29) is 0 Å². The van der Waals surface area contributed by atoms with Gasteiger partial charge in [0.2, 0.25) is 0 Å². The summed E-state index contributed by atoms with van der Waals surface area (Å²) in [6, 6.07) is 7.79. The van der Waals surface area contributed by atoms with Crippen molar-refractivity contribution in [3.63, 3.8) is 0 Å². The van der Waals surface area contributed by atoms with Crippen LogP contribution in [0.4, 0.5) is 0 Å². The molecule has 1 aromatic heterocycles. The van der Waals surface area contributed by atoms with Crippen molar-refractivity contribution in [1.29, 1.82) is 0 Å². The van der Waals surface area contributed by atoms with Gasteiger partial charge in [0.15, 0.2) is 0 Å². The number of carbonyl (C=O) groups excluding carboxylic acids is 1. The van der Waals surface area contributed by atoms with Crippen LogP contribution in [0.5, 0.6) is 0 Å². The average Bonchev–Trinajstić information content (AvgIpc) is 2.58. The quantitative estimate of drug-likeness (QED) is 0.695. The van der Waals surface area contributed by atoms with Gasteiger partial charge in [-0.05, 0) is 23.9 Å². The van der Waals surface area contributed by atoms with Crippen LogP contribution in [0, 0.1) is 0 Å². The Hall–Kier alpha value is -1.57. The lowest BCUT2D eigenvalue weighted by molar-refractivity contribution is 0.112. The Morgan fingerprint density at radius 2 is 2.23 bits per heavy atom. The molecule has 13 heavy (non-hydrogen) atoms. The second-order valence-corrected chi connectivity index (χ2v) is 3.11. The first kappa shape index (κ1) is 8.05. The Morgan fingerprint density at radius 3 is 2.92 bits per heavy atom. The minimum absolute atomic E-state index is 0.719. The van der Waals surface area contributed by atoms with Crippen molar-refractivity contribution in [1.82, 2.24) is 4.98 Å². The number of aldehydes is 1. The summed E-state index contributed by atoms with van der Waals surface area (Å²) in [7, 11) is 0. The smallest absolute Gasteiger partial charge is 0.150 e. The minimum Gasteiger partial charge on any atom is -0.358 e. The number of rotatable bonds is 2. The molecule has 0 unspecified atom stereocenters. The predicted molar refractivity (Wildman–Crippen MR) is 53.1 cm³/mol. The zero-order chi connectivity index (χ0) is 9.26. The number of aromatic nitrogens is 1. The molecule has 0 atom stereocenters. The van der Waals surface area contributed by atoms with Gasteiger partial charge in [-0.1, -0.05) is 19.1 Å². The highest BCUT2D eigenvalue weighted by Gasteiger charge is 1.99. The normalized spacial score (nSPS) is 10.5. The molecule has 2 nitrogen and oxygen atoms in total. The van der Waals surface area contributed by atoms with Crippen LogP contribution in [0.15, 0.2) is 24.3 Å². The van der Waals surface area contributed by atoms with Gasteiger partial charge < -0.3 is 4.98 Å². The van der Waals surface area contributed by atoms with Crippen molar-refractivity contribution in [2.75, 3.05) is 0 Å². The van der Waals surface area contributed by atoms with Crippen molar-refractivity contribution in [2.24, 2.45) is 0 Å². The van der Waals surface area contributed by atoms with Gasteiger partial charge in [-0.3, -0.25) is 4.79 Å². The summed E-state index contributed by atoms with van der Waals surface area (Å²) in [4.78, 5) is 13.8. The van der Waals surface area contributed by atoms with Gasteiger partial charge >= 0.3 is 0 Å². The fourth-order valence-corrected chi connectivity index (χ4v) is 1.47. The van der Waals surface area contributed by atoms with Crippen molar-refractivity contribution in [3.8, 4) is 0 Å². The fourth-order valence-electron chi connectivity index (χ4n) is 1.47. The third-order valence-electron chi connectivity index (χ3n) is 2.22. The highest BCUT2D eigenvalue weighted by Crippen LogP contribution is 2.16. The van der Waals surface area contributed by atoms with Gasteiger partial charge in [-0.25, -0.2) is 0 Å². The van der Waals surface area contributed by atoms with E-state index in [4.69, 9.17) is 0 Å². The highest BCUT2D eigenvalue weighted by atomic mass is 16.1. The maximum absolute atomic E-state index is 10.5. The van der Waals surface area contributed by atoms with Crippen LogP contribution >= 0.6 is 0 Å². The summed E-state index contributed by atoms with van der Waals surface area (Å²) in [5, 5.41) is 1.17. The number of H-pyrrole nitrogens is 1. The van der Waals surface area contributed by atoms with Gasteiger partial charge in [0.25, 0.3) is 0 Å². The maximum atomic E-state index is 10.5. The first-order chi connectivity index (χ1) is 6.33. The molecule has 0 aliphatic heterocycles. The van der Waals surface area contributed by atoms with Crippen LogP contribution in [-0.2, 0) is 6.42 Å². The zero-order valence-corrected chi connectivity index (χ0v) is 7.50. The largest absolute Gasteiger partial charge is 0.358 e. The lowest BCUT2D eigenvalue weighted by atomic mass is 10.2. The van der Waals surface area contributed by atoms with E-state index >= 15 is 0 Å². The Labute approximate surface area is 76.6 Å². The highest BCUT2D eigenvalue weighted by molar-refractivity contribution is 5.87. The summed E-state index contributed by atoms with van der Waals surface area (Å²) < 4.78 is 0. The second-order valence-electron chi connectivity index (χ2n) is 3.11. The number of hydrogen-bond donors (Lipinski definition) is 1. The number of hydrogen-bond acceptors (Lipinski definition) is 1. The van der Waals surface area contributed by atoms with E-state index in [1.54, 1.807) is 0 Å². The second kappa shape index (κ2) is 3.05. The Morgan fingerprint density at radius 1 is 1.38 bits per heavy atom. The van der Waals surface area contributed by atoms with Crippen molar-refractivity contribution in [2.45, 2.75) is 13.3 Å². The molecule has 1 heterocycles. The molecule has 0 spiro atoms. The molecule has 1 N–H and O–H groups in total. The van der Waals surface area contributed by atoms with E-state index in [1.165, 1.54) is 11.1 Å². The molecular weight excluding hydrogens is 162 g/mol. The molecule has 0 saturated carbocycles. The molecule has 66 valence electrons. The molecular formula is C11H11NO. The summed E-state index contributed by atoms with van der Waals surface area (Å²) in [5.74, 6) is 0. The lowest BCUT2D eigenvalue weighted by Crippen LogP contribution is -1.78. The Balaban J connectivity index is 2.63. The monoisotopic (exact) mass is 173 g/mol. The molecule has 0 radical (unpaired) electrons. The van der Waals surface area contributed by atoms with E-state index in [0.717, 1.165) is 23.8 Å². The standard InChI is InChI=1S/C11H11NO/c1-2-10-6-9-4-3-8(7-13)5-11(9)12-10/h3-7,12H,2H2,1H3. The van der Waals surface area contributed by atoms with E-state index in [0.29, 0.717) is 0 Å². The zero-order valence-electron chi connectivity index (χ0n) is 7.50. The van der Waals surface area contributed by atoms with E-state index in [2.05, 4.69) is 18.0 Å². The fraction of sp³-hybridized carbons (Fsp3) is 0.182. The number of fused-ring (bicyclic) bond motifs is 1. The van der Waals surface area contributed by atoms with Gasteiger partial charge in [-0.2, -0.15) is 0 Å². The van der Waals surface area contributed by atoms with Crippen molar-refractivity contribution in [3.05, 3.63) is 35.5 Å². The molecule has 2 rings (SSSR count). The summed E-state index contributed by atoms with van der Waals surface area (Å²) in [6.07, 6.45) is 1.86. The van der Waals surface area contributed by atoms with Crippen LogP contribution in [-0.4, -0.2) is 11.3 Å². The van der Waals surface area contributed by atoms with Crippen molar-refractivity contribution >= 4 is 17.2 Å². The first-order valence-electron chi connectivity index (χ1n) is 4.40. The van der Waals surface area contributed by atoms with Crippen LogP contribution in [0.25, 0.3) is 10.9 Å². The van der Waals surface area contributed by atoms with Gasteiger partial charge in [0, 0.05) is 16.8 Å². The molecule has 2 aromatic rings. The van der Waals surface area contributed by atoms with Crippen LogP contribution in [0.2, 0.25) is 0 Å². The molecule has 1 aromatic carbocycles. The molecule has 2 heteroatoms. The number of benzene rings is 1. The topological polar surface area (TPSA) is 32.9 Å². The Kier molecular flexibility index (Phi) is 1.89. The van der Waals surface area contributed by atoms with Crippen LogP contribution < -0.4 is 0 Å². The molecule has 0 saturated heterocycles. The third kappa shape index (κ3) is 1.35. The van der Waals surface area contributed by atoms with E-state index in [9.17, 15) is 4.79 Å². The number of nitrogens with one attached hydrogen (secondary N) is 1. The maximum Gasteiger partial charge on any atom is 0.150 e. The molecule has 0 fully saturated rings. The molecule has 0 amide bonds. The lowest BCUT2D eigenvalue weighted by Gasteiger charge is -1.90. The van der Waals surface area contributed by atoms with Gasteiger partial charge in [0.05, 0.1) is 0 Å². The number of aromatic amines is 1. The number of aryl methyl sites for hydroxylation is 1. The van der Waals surface area contributed by atoms with Crippen molar-refractivity contribution < 1.29 is 4.79 Å². The molecule has 0 bridgehead atoms. The summed E-state index contributed by atoms with van der Waals surface area (Å²) in [6.45, 7) is 2.10. The van der Waals surface area contributed by atoms with Crippen LogP contribution in [0.1, 0.15) is 23.0 Å². The average molecular weight is 173 g/mol. The van der Waals surface area contributed by atoms with E-state index < -0.39 is 0 Å². The molecule has 0 aliphatic rings. The first-order valence-corrected chi connectivity index (χ1v) is 4.40. The molecule has 0 aliphatic carbocycles. The van der Waals surface area contributed by atoms with Crippen LogP contribution in [0.3, 0.4) is 0 Å². The predicted octanol–water partition coefficient (Wildman–Crippen LogP) is 2.54. The summed E-state index contributed by atoms with van der Waals surface area (Å²) >= 11 is 0. The van der Waals surface area contributed by atoms with Gasteiger partial charge in [-0.15, -0.1) is 0 Å². The third-order valence-corrected chi connectivity index (χ3v) is 2.22. The van der Waals surface area contributed by atoms with E-state index in [1.807, 2.05) is 18.2 Å². The minimum atomic E-state index is 0.719. The van der Waals surface area contributed by atoms with Gasteiger partial charge in [0.1, 0.15) is 6.29 Å².